The second-order valence-electron chi connectivity index (χ2n) is 10.7. The van der Waals surface area contributed by atoms with Crippen molar-refractivity contribution in [2.75, 3.05) is 27.3 Å². The number of nitrogens with zero attached hydrogens (tertiary/aromatic N) is 6. The predicted molar refractivity (Wildman–Crippen MR) is 147 cm³/mol. The lowest BCUT2D eigenvalue weighted by molar-refractivity contribution is 0.0185. The summed E-state index contributed by atoms with van der Waals surface area (Å²) in [5.41, 5.74) is 4.31. The Labute approximate surface area is 227 Å². The first-order chi connectivity index (χ1) is 18.7. The summed E-state index contributed by atoms with van der Waals surface area (Å²) in [5, 5.41) is 4.60. The van der Waals surface area contributed by atoms with Gasteiger partial charge >= 0.3 is 6.09 Å². The van der Waals surface area contributed by atoms with E-state index in [1.165, 1.54) is 0 Å². The van der Waals surface area contributed by atoms with Gasteiger partial charge in [-0.25, -0.2) is 14.8 Å². The SMILES string of the molecule is COc1cc(Cc2ccc3ncc(-c4cnn(C5CCN(C(=O)OC(C)(C)C)CC5)c4)nc3n2)cc(OC)c1. The van der Waals surface area contributed by atoms with Crippen LogP contribution in [0.3, 0.4) is 0 Å². The monoisotopic (exact) mass is 530 g/mol. The quantitative estimate of drug-likeness (QED) is 0.340. The number of hydrogen-bond donors (Lipinski definition) is 0. The topological polar surface area (TPSA) is 104 Å². The lowest BCUT2D eigenvalue weighted by atomic mass is 10.1. The molecule has 1 fully saturated rings. The molecular weight excluding hydrogens is 496 g/mol. The molecule has 3 aromatic heterocycles. The fourth-order valence-electron chi connectivity index (χ4n) is 4.66. The van der Waals surface area contributed by atoms with Crippen LogP contribution in [0.5, 0.6) is 11.5 Å². The molecule has 0 aliphatic carbocycles. The number of hydrogen-bond acceptors (Lipinski definition) is 8. The molecule has 0 N–H and O–H groups in total. The Morgan fingerprint density at radius 2 is 1.72 bits per heavy atom. The summed E-state index contributed by atoms with van der Waals surface area (Å²) in [6.07, 6.45) is 7.52. The number of carbonyl (C=O) groups excluding carboxylic acids is 1. The Morgan fingerprint density at radius 3 is 2.38 bits per heavy atom. The zero-order valence-corrected chi connectivity index (χ0v) is 23.0. The fourth-order valence-corrected chi connectivity index (χ4v) is 4.66. The second-order valence-corrected chi connectivity index (χ2v) is 10.7. The maximum absolute atomic E-state index is 12.4. The van der Waals surface area contributed by atoms with Crippen LogP contribution >= 0.6 is 0 Å². The largest absolute Gasteiger partial charge is 0.497 e. The van der Waals surface area contributed by atoms with Gasteiger partial charge in [0.2, 0.25) is 0 Å². The number of aromatic nitrogens is 5. The molecule has 10 heteroatoms. The number of amides is 1. The van der Waals surface area contributed by atoms with Crippen LogP contribution in [-0.2, 0) is 11.2 Å². The van der Waals surface area contributed by atoms with Gasteiger partial charge in [0.15, 0.2) is 5.65 Å². The molecule has 1 amide bonds. The van der Waals surface area contributed by atoms with Crippen LogP contribution < -0.4 is 9.47 Å². The number of rotatable bonds is 6. The van der Waals surface area contributed by atoms with Gasteiger partial charge in [-0.3, -0.25) is 9.67 Å². The van der Waals surface area contributed by atoms with Crippen LogP contribution in [-0.4, -0.2) is 68.6 Å². The van der Waals surface area contributed by atoms with Gasteiger partial charge in [-0.2, -0.15) is 5.10 Å². The van der Waals surface area contributed by atoms with Gasteiger partial charge in [-0.1, -0.05) is 0 Å². The van der Waals surface area contributed by atoms with Crippen molar-refractivity contribution in [1.82, 2.24) is 29.6 Å². The van der Waals surface area contributed by atoms with Crippen molar-refractivity contribution in [1.29, 1.82) is 0 Å². The molecule has 4 heterocycles. The third kappa shape index (κ3) is 6.27. The highest BCUT2D eigenvalue weighted by molar-refractivity contribution is 5.73. The van der Waals surface area contributed by atoms with Crippen LogP contribution in [0.25, 0.3) is 22.4 Å². The molecule has 204 valence electrons. The Bertz CT molecular complexity index is 1450. The number of likely N-dealkylation sites (tertiary alicyclic amines) is 1. The Morgan fingerprint density at radius 1 is 1.00 bits per heavy atom. The van der Waals surface area contributed by atoms with Crippen molar-refractivity contribution >= 4 is 17.3 Å². The van der Waals surface area contributed by atoms with E-state index in [1.54, 1.807) is 25.3 Å². The van der Waals surface area contributed by atoms with Crippen molar-refractivity contribution in [2.45, 2.75) is 51.7 Å². The number of methoxy groups -OCH3 is 2. The molecule has 0 spiro atoms. The van der Waals surface area contributed by atoms with Crippen LogP contribution in [0.1, 0.15) is 50.9 Å². The molecule has 10 nitrogen and oxygen atoms in total. The number of pyridine rings is 1. The zero-order chi connectivity index (χ0) is 27.6. The molecule has 1 saturated heterocycles. The minimum absolute atomic E-state index is 0.204. The fraction of sp³-hybridized carbons (Fsp3) is 0.414. The smallest absolute Gasteiger partial charge is 0.410 e. The summed E-state index contributed by atoms with van der Waals surface area (Å²) in [5.74, 6) is 1.47. The van der Waals surface area contributed by atoms with Crippen molar-refractivity contribution < 1.29 is 19.0 Å². The average Bonchev–Trinajstić information content (AvgIpc) is 3.42. The maximum Gasteiger partial charge on any atom is 0.410 e. The number of ether oxygens (including phenoxy) is 3. The Hall–Kier alpha value is -4.21. The van der Waals surface area contributed by atoms with Gasteiger partial charge in [0, 0.05) is 43.0 Å². The number of fused-ring (bicyclic) bond motifs is 1. The van der Waals surface area contributed by atoms with E-state index >= 15 is 0 Å². The molecular formula is C29H34N6O4. The Balaban J connectivity index is 1.29. The van der Waals surface area contributed by atoms with E-state index in [4.69, 9.17) is 24.2 Å². The van der Waals surface area contributed by atoms with Crippen molar-refractivity contribution in [3.8, 4) is 22.8 Å². The first-order valence-corrected chi connectivity index (χ1v) is 13.1. The maximum atomic E-state index is 12.4. The molecule has 39 heavy (non-hydrogen) atoms. The molecule has 5 rings (SSSR count). The molecule has 0 radical (unpaired) electrons. The predicted octanol–water partition coefficient (Wildman–Crippen LogP) is 5.07. The van der Waals surface area contributed by atoms with Crippen LogP contribution in [0.2, 0.25) is 0 Å². The standard InChI is InChI=1S/C29H34N6O4/c1-29(2,3)39-28(36)34-10-8-22(9-11-34)35-18-20(16-31-35)26-17-30-25-7-6-21(32-27(25)33-26)12-19-13-23(37-4)15-24(14-19)38-5/h6-7,13-18,22H,8-12H2,1-5H3. The molecule has 0 bridgehead atoms. The summed E-state index contributed by atoms with van der Waals surface area (Å²) in [4.78, 5) is 28.3. The van der Waals surface area contributed by atoms with E-state index in [9.17, 15) is 4.79 Å². The van der Waals surface area contributed by atoms with Gasteiger partial charge in [-0.05, 0) is 63.4 Å². The van der Waals surface area contributed by atoms with Gasteiger partial charge in [0.1, 0.15) is 22.6 Å². The van der Waals surface area contributed by atoms with Crippen LogP contribution in [0.4, 0.5) is 4.79 Å². The average molecular weight is 531 g/mol. The second kappa shape index (κ2) is 10.9. The van der Waals surface area contributed by atoms with E-state index in [1.807, 2.05) is 68.2 Å². The zero-order valence-electron chi connectivity index (χ0n) is 23.0. The molecule has 1 aliphatic heterocycles. The highest BCUT2D eigenvalue weighted by Gasteiger charge is 2.28. The molecule has 1 aromatic carbocycles. The minimum Gasteiger partial charge on any atom is -0.497 e. The minimum atomic E-state index is -0.496. The first-order valence-electron chi connectivity index (χ1n) is 13.1. The molecule has 0 atom stereocenters. The number of piperidine rings is 1. The van der Waals surface area contributed by atoms with E-state index in [0.717, 1.165) is 46.7 Å². The summed E-state index contributed by atoms with van der Waals surface area (Å²) in [6, 6.07) is 9.90. The van der Waals surface area contributed by atoms with Gasteiger partial charge in [-0.15, -0.1) is 0 Å². The summed E-state index contributed by atoms with van der Waals surface area (Å²) in [6.45, 7) is 6.92. The van der Waals surface area contributed by atoms with Crippen LogP contribution in [0.15, 0.2) is 48.9 Å². The summed E-state index contributed by atoms with van der Waals surface area (Å²) < 4.78 is 18.3. The van der Waals surface area contributed by atoms with Crippen LogP contribution in [0, 0.1) is 0 Å². The van der Waals surface area contributed by atoms with Crippen molar-refractivity contribution in [3.05, 3.63) is 60.2 Å². The van der Waals surface area contributed by atoms with E-state index in [2.05, 4.69) is 10.1 Å². The van der Waals surface area contributed by atoms with E-state index in [-0.39, 0.29) is 12.1 Å². The molecule has 0 unspecified atom stereocenters. The van der Waals surface area contributed by atoms with Crippen molar-refractivity contribution in [2.24, 2.45) is 0 Å². The highest BCUT2D eigenvalue weighted by atomic mass is 16.6. The molecule has 1 aliphatic rings. The Kier molecular flexibility index (Phi) is 7.36. The van der Waals surface area contributed by atoms with E-state index in [0.29, 0.717) is 30.9 Å². The van der Waals surface area contributed by atoms with Gasteiger partial charge < -0.3 is 19.1 Å². The molecule has 0 saturated carbocycles. The number of benzene rings is 1. The lowest BCUT2D eigenvalue weighted by Crippen LogP contribution is -2.42. The first kappa shape index (κ1) is 26.4. The van der Waals surface area contributed by atoms with E-state index < -0.39 is 5.60 Å². The third-order valence-electron chi connectivity index (χ3n) is 6.65. The highest BCUT2D eigenvalue weighted by Crippen LogP contribution is 2.27. The van der Waals surface area contributed by atoms with Gasteiger partial charge in [0.05, 0.1) is 38.3 Å². The normalized spacial score (nSPS) is 14.4. The number of carbonyl (C=O) groups is 1. The van der Waals surface area contributed by atoms with Crippen molar-refractivity contribution in [3.63, 3.8) is 0 Å². The van der Waals surface area contributed by atoms with Gasteiger partial charge in [0.25, 0.3) is 0 Å². The summed E-state index contributed by atoms with van der Waals surface area (Å²) in [7, 11) is 3.28. The third-order valence-corrected chi connectivity index (χ3v) is 6.65. The molecule has 4 aromatic rings. The summed E-state index contributed by atoms with van der Waals surface area (Å²) >= 11 is 0. The lowest BCUT2D eigenvalue weighted by Gasteiger charge is -2.33.